The van der Waals surface area contributed by atoms with E-state index in [0.29, 0.717) is 16.5 Å². The van der Waals surface area contributed by atoms with Crippen molar-refractivity contribution in [3.8, 4) is 5.75 Å². The fourth-order valence-electron chi connectivity index (χ4n) is 3.69. The molecule has 4 aromatic rings. The molecule has 4 rings (SSSR count). The smallest absolute Gasteiger partial charge is 0.157 e. The highest BCUT2D eigenvalue weighted by Crippen LogP contribution is 2.60. The molecular weight excluding hydrogens is 423 g/mol. The van der Waals surface area contributed by atoms with Crippen LogP contribution in [0.1, 0.15) is 11.2 Å². The van der Waals surface area contributed by atoms with E-state index >= 15 is 4.57 Å². The summed E-state index contributed by atoms with van der Waals surface area (Å²) in [4.78, 5) is 0. The first-order valence-corrected chi connectivity index (χ1v) is 12.1. The molecule has 0 radical (unpaired) electrons. The molecule has 0 amide bonds. The van der Waals surface area contributed by atoms with Crippen molar-refractivity contribution in [1.82, 2.24) is 0 Å². The Morgan fingerprint density at radius 3 is 1.65 bits per heavy atom. The molecule has 0 aliphatic rings. The van der Waals surface area contributed by atoms with Crippen LogP contribution in [0.5, 0.6) is 5.75 Å². The van der Waals surface area contributed by atoms with Crippen LogP contribution in [-0.4, -0.2) is 0 Å². The molecule has 0 fully saturated rings. The fourth-order valence-corrected chi connectivity index (χ4v) is 6.99. The average Bonchev–Trinajstić information content (AvgIpc) is 2.82. The first-order valence-electron chi connectivity index (χ1n) is 9.97. The second kappa shape index (κ2) is 9.39. The Hall–Kier alpha value is -3.06. The monoisotopic (exact) mass is 444 g/mol. The molecule has 4 heteroatoms. The Balaban J connectivity index is 1.88. The molecular formula is C27H22ClO2P. The quantitative estimate of drug-likeness (QED) is 0.227. The van der Waals surface area contributed by atoms with Gasteiger partial charge in [0.15, 0.2) is 7.14 Å². The van der Waals surface area contributed by atoms with Gasteiger partial charge < -0.3 is 9.30 Å². The van der Waals surface area contributed by atoms with E-state index in [1.54, 1.807) is 24.3 Å². The second-order valence-corrected chi connectivity index (χ2v) is 10.5. The van der Waals surface area contributed by atoms with Gasteiger partial charge in [0, 0.05) is 15.6 Å². The lowest BCUT2D eigenvalue weighted by Crippen LogP contribution is -2.23. The Morgan fingerprint density at radius 1 is 0.710 bits per heavy atom. The molecule has 1 atom stereocenters. The minimum Gasteiger partial charge on any atom is -0.461 e. The maximum absolute atomic E-state index is 15.0. The Labute approximate surface area is 188 Å². The number of hydrogen-bond acceptors (Lipinski definition) is 2. The first-order chi connectivity index (χ1) is 15.1. The second-order valence-electron chi connectivity index (χ2n) is 7.16. The van der Waals surface area contributed by atoms with E-state index in [1.807, 2.05) is 91.0 Å². The number of halogens is 1. The number of benzene rings is 4. The number of ether oxygens (including phenoxy) is 1. The van der Waals surface area contributed by atoms with Crippen molar-refractivity contribution in [2.75, 3.05) is 0 Å². The van der Waals surface area contributed by atoms with E-state index in [1.165, 1.54) is 0 Å². The van der Waals surface area contributed by atoms with Gasteiger partial charge in [-0.3, -0.25) is 0 Å². The summed E-state index contributed by atoms with van der Waals surface area (Å²) in [6, 6.07) is 36.0. The third-order valence-electron chi connectivity index (χ3n) is 5.13. The highest BCUT2D eigenvalue weighted by molar-refractivity contribution is 7.79. The zero-order chi connectivity index (χ0) is 21.7. The van der Waals surface area contributed by atoms with Gasteiger partial charge in [-0.05, 0) is 29.8 Å². The highest BCUT2D eigenvalue weighted by Gasteiger charge is 2.40. The highest BCUT2D eigenvalue weighted by atomic mass is 35.5. The summed E-state index contributed by atoms with van der Waals surface area (Å²) in [5, 5.41) is 2.14. The standard InChI is InChI=1S/C27H22ClO2P/c1-21(30-24-19-17-23(28)18-20-24)27(22-11-5-2-6-12-22)31(29,25-13-7-3-8-14-25)26-15-9-4-10-16-26/h2-20,27H,1H2/t27-/m0/s1. The Kier molecular flexibility index (Phi) is 6.42. The SMILES string of the molecule is C=C(Oc1ccc(Cl)cc1)[C@@H](c1ccccc1)P(=O)(c1ccccc1)c1ccccc1. The lowest BCUT2D eigenvalue weighted by atomic mass is 10.1. The summed E-state index contributed by atoms with van der Waals surface area (Å²) in [6.07, 6.45) is 0. The average molecular weight is 445 g/mol. The van der Waals surface area contributed by atoms with Crippen LogP contribution < -0.4 is 15.3 Å². The molecule has 4 aromatic carbocycles. The summed E-state index contributed by atoms with van der Waals surface area (Å²) < 4.78 is 21.2. The predicted octanol–water partition coefficient (Wildman–Crippen LogP) is 6.99. The van der Waals surface area contributed by atoms with Crippen molar-refractivity contribution in [1.29, 1.82) is 0 Å². The maximum Gasteiger partial charge on any atom is 0.157 e. The van der Waals surface area contributed by atoms with Gasteiger partial charge in [0.05, 0.1) is 0 Å². The molecule has 31 heavy (non-hydrogen) atoms. The van der Waals surface area contributed by atoms with Gasteiger partial charge in [0.1, 0.15) is 17.2 Å². The number of rotatable bonds is 7. The normalized spacial score (nSPS) is 12.2. The maximum atomic E-state index is 15.0. The van der Waals surface area contributed by atoms with E-state index in [2.05, 4.69) is 6.58 Å². The van der Waals surface area contributed by atoms with Crippen LogP contribution in [0.15, 0.2) is 128 Å². The third-order valence-corrected chi connectivity index (χ3v) is 8.82. The molecule has 0 N–H and O–H groups in total. The minimum atomic E-state index is -3.21. The van der Waals surface area contributed by atoms with E-state index in [-0.39, 0.29) is 0 Å². The van der Waals surface area contributed by atoms with Crippen molar-refractivity contribution in [2.45, 2.75) is 5.66 Å². The van der Waals surface area contributed by atoms with Crippen molar-refractivity contribution >= 4 is 29.4 Å². The fraction of sp³-hybridized carbons (Fsp3) is 0.0370. The van der Waals surface area contributed by atoms with E-state index in [0.717, 1.165) is 16.2 Å². The van der Waals surface area contributed by atoms with Crippen LogP contribution in [0.4, 0.5) is 0 Å². The van der Waals surface area contributed by atoms with Gasteiger partial charge in [-0.1, -0.05) is 109 Å². The number of allylic oxidation sites excluding steroid dienone is 1. The molecule has 154 valence electrons. The van der Waals surface area contributed by atoms with Crippen LogP contribution >= 0.6 is 18.7 Å². The number of hydrogen-bond donors (Lipinski definition) is 0. The van der Waals surface area contributed by atoms with Gasteiger partial charge in [-0.15, -0.1) is 0 Å². The van der Waals surface area contributed by atoms with Crippen molar-refractivity contribution in [2.24, 2.45) is 0 Å². The molecule has 0 aliphatic carbocycles. The predicted molar refractivity (Wildman–Crippen MR) is 130 cm³/mol. The molecule has 0 aliphatic heterocycles. The van der Waals surface area contributed by atoms with Crippen molar-refractivity contribution in [3.05, 3.63) is 138 Å². The Morgan fingerprint density at radius 2 is 1.16 bits per heavy atom. The van der Waals surface area contributed by atoms with E-state index < -0.39 is 12.8 Å². The van der Waals surface area contributed by atoms with Crippen LogP contribution in [-0.2, 0) is 4.57 Å². The van der Waals surface area contributed by atoms with Crippen LogP contribution in [0.3, 0.4) is 0 Å². The van der Waals surface area contributed by atoms with Crippen LogP contribution in [0.2, 0.25) is 5.02 Å². The molecule has 0 aromatic heterocycles. The minimum absolute atomic E-state index is 0.421. The van der Waals surface area contributed by atoms with Crippen molar-refractivity contribution < 1.29 is 9.30 Å². The molecule has 0 unspecified atom stereocenters. The van der Waals surface area contributed by atoms with Gasteiger partial charge in [0.2, 0.25) is 0 Å². The van der Waals surface area contributed by atoms with Crippen LogP contribution in [0, 0.1) is 0 Å². The molecule has 2 nitrogen and oxygen atoms in total. The lowest BCUT2D eigenvalue weighted by molar-refractivity contribution is 0.408. The van der Waals surface area contributed by atoms with Crippen molar-refractivity contribution in [3.63, 3.8) is 0 Å². The van der Waals surface area contributed by atoms with E-state index in [4.69, 9.17) is 16.3 Å². The molecule has 0 saturated heterocycles. The summed E-state index contributed by atoms with van der Waals surface area (Å²) in [7, 11) is -3.21. The summed E-state index contributed by atoms with van der Waals surface area (Å²) in [6.45, 7) is 4.24. The molecule has 0 spiro atoms. The van der Waals surface area contributed by atoms with Gasteiger partial charge in [0.25, 0.3) is 0 Å². The first kappa shape index (κ1) is 21.2. The van der Waals surface area contributed by atoms with E-state index in [9.17, 15) is 0 Å². The summed E-state index contributed by atoms with van der Waals surface area (Å²) in [5.74, 6) is 1.02. The topological polar surface area (TPSA) is 26.3 Å². The summed E-state index contributed by atoms with van der Waals surface area (Å²) >= 11 is 6.02. The third kappa shape index (κ3) is 4.51. The molecule has 0 saturated carbocycles. The lowest BCUT2D eigenvalue weighted by Gasteiger charge is -2.30. The zero-order valence-corrected chi connectivity index (χ0v) is 18.5. The summed E-state index contributed by atoms with van der Waals surface area (Å²) in [5.41, 5.74) is 0.326. The van der Waals surface area contributed by atoms with Gasteiger partial charge in [-0.2, -0.15) is 0 Å². The molecule has 0 bridgehead atoms. The zero-order valence-electron chi connectivity index (χ0n) is 16.9. The van der Waals surface area contributed by atoms with Gasteiger partial charge >= 0.3 is 0 Å². The van der Waals surface area contributed by atoms with Gasteiger partial charge in [-0.25, -0.2) is 0 Å². The molecule has 0 heterocycles. The Bertz CT molecular complexity index is 1150. The van der Waals surface area contributed by atoms with Crippen LogP contribution in [0.25, 0.3) is 0 Å². The largest absolute Gasteiger partial charge is 0.461 e.